The van der Waals surface area contributed by atoms with Crippen LogP contribution in [0.15, 0.2) is 26.0 Å². The minimum atomic E-state index is 0.0570. The summed E-state index contributed by atoms with van der Waals surface area (Å²) in [5.74, 6) is 1.15. The van der Waals surface area contributed by atoms with E-state index >= 15 is 0 Å². The molecule has 3 rings (SSSR count). The van der Waals surface area contributed by atoms with Crippen molar-refractivity contribution in [2.45, 2.75) is 33.2 Å². The molecule has 0 saturated carbocycles. The summed E-state index contributed by atoms with van der Waals surface area (Å²) in [6.45, 7) is 6.98. The number of pyridine rings is 1. The molecule has 0 radical (unpaired) electrons. The van der Waals surface area contributed by atoms with Gasteiger partial charge in [-0.1, -0.05) is 19.4 Å². The second-order valence-electron chi connectivity index (χ2n) is 6.14. The Morgan fingerprint density at radius 3 is 2.81 bits per heavy atom. The lowest BCUT2D eigenvalue weighted by Gasteiger charge is -2.10. The average molecular weight is 351 g/mol. The number of aryl methyl sites for hydroxylation is 1. The van der Waals surface area contributed by atoms with Gasteiger partial charge in [-0.2, -0.15) is 0 Å². The third kappa shape index (κ3) is 2.27. The van der Waals surface area contributed by atoms with Gasteiger partial charge in [0.25, 0.3) is 5.56 Å². The molecule has 0 amide bonds. The van der Waals surface area contributed by atoms with Gasteiger partial charge in [-0.25, -0.2) is 4.99 Å². The van der Waals surface area contributed by atoms with E-state index in [1.54, 1.807) is 11.6 Å². The minimum absolute atomic E-state index is 0.0570. The molecule has 5 heteroatoms. The quantitative estimate of drug-likeness (QED) is 0.822. The molecule has 0 spiro atoms. The standard InChI is InChI=1S/C16H19BrN2O2/c1-8(2)12-7-21-15(18-12)13-9(3)5-10-14(13)11(17)6-19(4)16(10)20/h6,8,12H,5,7H2,1-4H3. The van der Waals surface area contributed by atoms with Gasteiger partial charge in [-0.3, -0.25) is 4.79 Å². The van der Waals surface area contributed by atoms with E-state index in [0.29, 0.717) is 24.8 Å². The Hall–Kier alpha value is -1.36. The normalized spacial score (nSPS) is 20.9. The van der Waals surface area contributed by atoms with Gasteiger partial charge < -0.3 is 9.30 Å². The average Bonchev–Trinajstić information content (AvgIpc) is 3.00. The SMILES string of the molecule is CC1=C(C2=NC(C(C)C)CO2)c2c(Br)cn(C)c(=O)c2C1. The van der Waals surface area contributed by atoms with Crippen molar-refractivity contribution in [3.8, 4) is 0 Å². The smallest absolute Gasteiger partial charge is 0.254 e. The summed E-state index contributed by atoms with van der Waals surface area (Å²) < 4.78 is 8.37. The van der Waals surface area contributed by atoms with Gasteiger partial charge in [0.05, 0.1) is 6.04 Å². The van der Waals surface area contributed by atoms with E-state index in [-0.39, 0.29) is 11.6 Å². The van der Waals surface area contributed by atoms with Crippen LogP contribution < -0.4 is 5.56 Å². The van der Waals surface area contributed by atoms with Crippen LogP contribution in [-0.4, -0.2) is 23.1 Å². The Morgan fingerprint density at radius 2 is 2.19 bits per heavy atom. The number of halogens is 1. The van der Waals surface area contributed by atoms with Crippen LogP contribution in [0, 0.1) is 5.92 Å². The molecule has 112 valence electrons. The number of hydrogen-bond donors (Lipinski definition) is 0. The first-order chi connectivity index (χ1) is 9.90. The van der Waals surface area contributed by atoms with Crippen LogP contribution >= 0.6 is 15.9 Å². The molecule has 0 bridgehead atoms. The summed E-state index contributed by atoms with van der Waals surface area (Å²) >= 11 is 3.59. The van der Waals surface area contributed by atoms with Crippen molar-refractivity contribution in [2.24, 2.45) is 18.0 Å². The van der Waals surface area contributed by atoms with E-state index < -0.39 is 0 Å². The number of allylic oxidation sites excluding steroid dienone is 1. The molecule has 2 heterocycles. The monoisotopic (exact) mass is 350 g/mol. The number of ether oxygens (including phenoxy) is 1. The van der Waals surface area contributed by atoms with Crippen LogP contribution in [0.4, 0.5) is 0 Å². The Bertz CT molecular complexity index is 729. The second kappa shape index (κ2) is 5.13. The molecular weight excluding hydrogens is 332 g/mol. The van der Waals surface area contributed by atoms with Crippen LogP contribution in [0.3, 0.4) is 0 Å². The third-order valence-corrected chi connectivity index (χ3v) is 4.80. The summed E-state index contributed by atoms with van der Waals surface area (Å²) in [4.78, 5) is 17.0. The Morgan fingerprint density at radius 1 is 1.48 bits per heavy atom. The zero-order valence-corrected chi connectivity index (χ0v) is 14.3. The number of nitrogens with zero attached hydrogens (tertiary/aromatic N) is 2. The van der Waals surface area contributed by atoms with Gasteiger partial charge in [0.1, 0.15) is 6.61 Å². The van der Waals surface area contributed by atoms with Crippen molar-refractivity contribution in [3.63, 3.8) is 0 Å². The number of rotatable bonds is 2. The van der Waals surface area contributed by atoms with Gasteiger partial charge in [0.15, 0.2) is 0 Å². The first-order valence-electron chi connectivity index (χ1n) is 7.19. The molecule has 1 aromatic rings. The highest BCUT2D eigenvalue weighted by atomic mass is 79.9. The molecule has 1 aromatic heterocycles. The van der Waals surface area contributed by atoms with Crippen LogP contribution in [0.25, 0.3) is 5.57 Å². The molecule has 4 nitrogen and oxygen atoms in total. The number of fused-ring (bicyclic) bond motifs is 1. The van der Waals surface area contributed by atoms with Crippen molar-refractivity contribution in [3.05, 3.63) is 37.7 Å². The predicted molar refractivity (Wildman–Crippen MR) is 87.7 cm³/mol. The molecule has 1 unspecified atom stereocenters. The topological polar surface area (TPSA) is 43.6 Å². The van der Waals surface area contributed by atoms with E-state index in [1.165, 1.54) is 0 Å². The fourth-order valence-electron chi connectivity index (χ4n) is 2.92. The van der Waals surface area contributed by atoms with Crippen molar-refractivity contribution >= 4 is 27.4 Å². The molecule has 0 saturated heterocycles. The first-order valence-corrected chi connectivity index (χ1v) is 7.98. The molecule has 1 aliphatic heterocycles. The maximum Gasteiger partial charge on any atom is 0.254 e. The summed E-state index contributed by atoms with van der Waals surface area (Å²) in [7, 11) is 1.78. The summed E-state index contributed by atoms with van der Waals surface area (Å²) in [6.07, 6.45) is 2.49. The minimum Gasteiger partial charge on any atom is -0.475 e. The summed E-state index contributed by atoms with van der Waals surface area (Å²) in [5.41, 5.74) is 3.99. The number of aliphatic imine (C=N–C) groups is 1. The van der Waals surface area contributed by atoms with Crippen molar-refractivity contribution in [2.75, 3.05) is 6.61 Å². The lowest BCUT2D eigenvalue weighted by atomic mass is 10.1. The lowest BCUT2D eigenvalue weighted by Crippen LogP contribution is -2.21. The van der Waals surface area contributed by atoms with E-state index in [9.17, 15) is 4.79 Å². The molecule has 2 aliphatic rings. The van der Waals surface area contributed by atoms with E-state index in [4.69, 9.17) is 9.73 Å². The zero-order chi connectivity index (χ0) is 15.3. The Balaban J connectivity index is 2.12. The third-order valence-electron chi connectivity index (χ3n) is 4.20. The van der Waals surface area contributed by atoms with E-state index in [0.717, 1.165) is 26.7 Å². The highest BCUT2D eigenvalue weighted by Crippen LogP contribution is 2.38. The number of aromatic nitrogens is 1. The molecule has 1 atom stereocenters. The van der Waals surface area contributed by atoms with Crippen LogP contribution in [0.5, 0.6) is 0 Å². The predicted octanol–water partition coefficient (Wildman–Crippen LogP) is 2.93. The van der Waals surface area contributed by atoms with Crippen molar-refractivity contribution < 1.29 is 4.74 Å². The largest absolute Gasteiger partial charge is 0.475 e. The summed E-state index contributed by atoms with van der Waals surface area (Å²) in [6, 6.07) is 0.203. The van der Waals surface area contributed by atoms with Gasteiger partial charge in [-0.15, -0.1) is 0 Å². The molecule has 0 N–H and O–H groups in total. The number of hydrogen-bond acceptors (Lipinski definition) is 3. The summed E-state index contributed by atoms with van der Waals surface area (Å²) in [5, 5.41) is 0. The fraction of sp³-hybridized carbons (Fsp3) is 0.500. The van der Waals surface area contributed by atoms with Crippen molar-refractivity contribution in [1.82, 2.24) is 4.57 Å². The van der Waals surface area contributed by atoms with Gasteiger partial charge in [0, 0.05) is 40.8 Å². The zero-order valence-electron chi connectivity index (χ0n) is 12.7. The molecule has 0 aromatic carbocycles. The first kappa shape index (κ1) is 14.6. The van der Waals surface area contributed by atoms with Crippen LogP contribution in [-0.2, 0) is 18.2 Å². The highest BCUT2D eigenvalue weighted by Gasteiger charge is 2.32. The molecule has 21 heavy (non-hydrogen) atoms. The van der Waals surface area contributed by atoms with E-state index in [2.05, 4.69) is 36.7 Å². The second-order valence-corrected chi connectivity index (χ2v) is 6.99. The Labute approximate surface area is 132 Å². The maximum atomic E-state index is 12.3. The van der Waals surface area contributed by atoms with Crippen LogP contribution in [0.1, 0.15) is 31.9 Å². The van der Waals surface area contributed by atoms with Gasteiger partial charge in [-0.05, 0) is 28.8 Å². The maximum absolute atomic E-state index is 12.3. The lowest BCUT2D eigenvalue weighted by molar-refractivity contribution is 0.293. The Kier molecular flexibility index (Phi) is 3.56. The highest BCUT2D eigenvalue weighted by molar-refractivity contribution is 9.10. The van der Waals surface area contributed by atoms with E-state index in [1.807, 2.05) is 6.20 Å². The van der Waals surface area contributed by atoms with Gasteiger partial charge >= 0.3 is 0 Å². The van der Waals surface area contributed by atoms with Crippen LogP contribution in [0.2, 0.25) is 0 Å². The fourth-order valence-corrected chi connectivity index (χ4v) is 3.66. The van der Waals surface area contributed by atoms with Crippen molar-refractivity contribution in [1.29, 1.82) is 0 Å². The molecular formula is C16H19BrN2O2. The molecule has 1 aliphatic carbocycles. The molecule has 0 fully saturated rings. The van der Waals surface area contributed by atoms with Gasteiger partial charge in [0.2, 0.25) is 5.90 Å².